The smallest absolute Gasteiger partial charge is 0.319 e. The van der Waals surface area contributed by atoms with E-state index < -0.39 is 42.1 Å². The highest BCUT2D eigenvalue weighted by Crippen LogP contribution is 2.21. The van der Waals surface area contributed by atoms with Crippen LogP contribution in [-0.4, -0.2) is 34.1 Å². The Balaban J connectivity index is -0.0000000659. The van der Waals surface area contributed by atoms with Crippen molar-refractivity contribution in [1.82, 2.24) is 0 Å². The molecule has 0 heterocycles. The Morgan fingerprint density at radius 1 is 0.707 bits per heavy atom. The fourth-order valence-electron chi connectivity index (χ4n) is 2.22. The lowest BCUT2D eigenvalue weighted by Gasteiger charge is -2.09. The Labute approximate surface area is 262 Å². The van der Waals surface area contributed by atoms with Gasteiger partial charge in [-0.1, -0.05) is 18.9 Å². The van der Waals surface area contributed by atoms with Crippen LogP contribution in [0.4, 0.5) is 0 Å². The first-order valence-corrected chi connectivity index (χ1v) is 11.2. The summed E-state index contributed by atoms with van der Waals surface area (Å²) in [7, 11) is 0. The van der Waals surface area contributed by atoms with E-state index >= 15 is 0 Å². The summed E-state index contributed by atoms with van der Waals surface area (Å²) >= 11 is 0. The number of esters is 2. The Kier molecular flexibility index (Phi) is 15.1. The topological polar surface area (TPSA) is 127 Å². The summed E-state index contributed by atoms with van der Waals surface area (Å²) in [6, 6.07) is 5.44. The number of hydrogen-bond donors (Lipinski definition) is 2. The van der Waals surface area contributed by atoms with E-state index in [1.54, 1.807) is 0 Å². The van der Waals surface area contributed by atoms with Crippen molar-refractivity contribution in [2.24, 2.45) is 11.8 Å². The molecule has 2 atom stereocenters. The van der Waals surface area contributed by atoms with Gasteiger partial charge in [-0.05, 0) is 107 Å². The van der Waals surface area contributed by atoms with Crippen LogP contribution < -0.4 is 9.47 Å². The first kappa shape index (κ1) is 32.2. The number of carboxylic acid groups (broad SMARTS) is 2. The number of carbonyl (C=O) groups excluding carboxylic acids is 2. The molecule has 0 aliphatic rings. The third-order valence-corrected chi connectivity index (χ3v) is 4.03. The van der Waals surface area contributed by atoms with E-state index in [4.69, 9.17) is 21.0 Å². The fraction of sp³-hybridized carbons (Fsp3) is 0.152. The summed E-state index contributed by atoms with van der Waals surface area (Å²) in [5, 5.41) is 18.2. The molecule has 41 heavy (non-hydrogen) atoms. The van der Waals surface area contributed by atoms with Crippen LogP contribution in [0.5, 0.6) is 11.5 Å². The number of hydrogen-bond acceptors (Lipinski definition) is 6. The van der Waals surface area contributed by atoms with Gasteiger partial charge in [0.25, 0.3) is 0 Å². The zero-order valence-corrected chi connectivity index (χ0v) is 21.3. The summed E-state index contributed by atoms with van der Waals surface area (Å²) in [6.45, 7) is 1.36. The number of aliphatic carboxylic acids is 2. The standard InChI is InChI=1S/C33H16O8.17H2/c1-3-4-5-6-7-8-9-10-11-12-13-14-15-16-17-18-20-27(33(38)39)24-31(35)41-29-22-19-21-28(25-29)40-30(34)23-26(2)32(36)37;;;;;;;;;;;;;;;;;/h1,19,21-22,25-27H,23-24H2,2H3,(H,36,37)(H,38,39);17*1H. The molecule has 1 rings (SSSR count). The third kappa shape index (κ3) is 15.8. The molecular formula is C33H50O8. The second-order valence-corrected chi connectivity index (χ2v) is 7.13. The fourth-order valence-corrected chi connectivity index (χ4v) is 2.22. The lowest BCUT2D eigenvalue weighted by Crippen LogP contribution is -2.20. The number of carboxylic acids is 2. The molecule has 0 aliphatic carbocycles. The summed E-state index contributed by atoms with van der Waals surface area (Å²) in [4.78, 5) is 46.4. The highest BCUT2D eigenvalue weighted by atomic mass is 16.5. The van der Waals surface area contributed by atoms with Crippen LogP contribution in [0.3, 0.4) is 0 Å². The third-order valence-electron chi connectivity index (χ3n) is 4.03. The minimum absolute atomic E-state index is 0. The molecule has 2 N–H and O–H groups in total. The van der Waals surface area contributed by atoms with Gasteiger partial charge < -0.3 is 19.7 Å². The van der Waals surface area contributed by atoms with Crippen molar-refractivity contribution < 1.29 is 63.1 Å². The number of benzene rings is 1. The SMILES string of the molecule is C#CC#CC#CC#CC#CC#CC#CC#CC#CC(CC(=O)Oc1cccc(OC(=O)CC(C)C(=O)O)c1)C(=O)O.[HH].[HH].[HH].[HH].[HH].[HH].[HH].[HH].[HH].[HH].[HH].[HH].[HH].[HH].[HH].[HH].[HH]. The maximum Gasteiger partial charge on any atom is 0.319 e. The highest BCUT2D eigenvalue weighted by molar-refractivity contribution is 5.83. The molecule has 0 amide bonds. The van der Waals surface area contributed by atoms with Crippen LogP contribution in [0.1, 0.15) is 44.0 Å². The van der Waals surface area contributed by atoms with Crippen LogP contribution in [0.25, 0.3) is 0 Å². The highest BCUT2D eigenvalue weighted by Gasteiger charge is 2.21. The molecule has 1 aromatic rings. The van der Waals surface area contributed by atoms with Crippen LogP contribution in [0, 0.1) is 119 Å². The molecule has 2 unspecified atom stereocenters. The van der Waals surface area contributed by atoms with E-state index in [2.05, 4.69) is 101 Å². The van der Waals surface area contributed by atoms with E-state index in [1.165, 1.54) is 31.2 Å². The molecule has 0 bridgehead atoms. The largest absolute Gasteiger partial charge is 0.481 e. The molecule has 0 aliphatic heterocycles. The second kappa shape index (κ2) is 19.3. The molecular weight excluding hydrogens is 524 g/mol. The van der Waals surface area contributed by atoms with Gasteiger partial charge in [-0.2, -0.15) is 0 Å². The van der Waals surface area contributed by atoms with Crippen LogP contribution in [0.15, 0.2) is 24.3 Å². The predicted molar refractivity (Wildman–Crippen MR) is 182 cm³/mol. The van der Waals surface area contributed by atoms with Crippen molar-refractivity contribution in [2.45, 2.75) is 19.8 Å². The second-order valence-electron chi connectivity index (χ2n) is 7.13. The van der Waals surface area contributed by atoms with Crippen molar-refractivity contribution in [3.63, 3.8) is 0 Å². The summed E-state index contributed by atoms with van der Waals surface area (Å²) in [5.41, 5.74) is 0. The van der Waals surface area contributed by atoms with Crippen molar-refractivity contribution in [3.8, 4) is 119 Å². The molecule has 0 saturated heterocycles. The summed E-state index contributed by atoms with van der Waals surface area (Å²) in [6.07, 6.45) is 3.98. The quantitative estimate of drug-likeness (QED) is 0.235. The predicted octanol–water partition coefficient (Wildman–Crippen LogP) is 5.54. The van der Waals surface area contributed by atoms with Crippen LogP contribution in [-0.2, 0) is 19.2 Å². The number of ether oxygens (including phenoxy) is 2. The van der Waals surface area contributed by atoms with Gasteiger partial charge in [-0.3, -0.25) is 19.2 Å². The van der Waals surface area contributed by atoms with Crippen molar-refractivity contribution in [3.05, 3.63) is 24.3 Å². The molecule has 230 valence electrons. The molecule has 1 aromatic carbocycles. The number of rotatable bonds is 8. The molecule has 0 radical (unpaired) electrons. The van der Waals surface area contributed by atoms with Crippen molar-refractivity contribution in [2.75, 3.05) is 0 Å². The Bertz CT molecular complexity index is 1810. The van der Waals surface area contributed by atoms with Gasteiger partial charge in [0.1, 0.15) is 17.4 Å². The lowest BCUT2D eigenvalue weighted by atomic mass is 10.1. The van der Waals surface area contributed by atoms with Crippen LogP contribution in [0.2, 0.25) is 0 Å². The Morgan fingerprint density at radius 2 is 1.12 bits per heavy atom. The van der Waals surface area contributed by atoms with Gasteiger partial charge in [0, 0.05) is 30.3 Å². The van der Waals surface area contributed by atoms with Gasteiger partial charge in [0.15, 0.2) is 0 Å². The van der Waals surface area contributed by atoms with E-state index in [1.807, 2.05) is 0 Å². The number of terminal acetylenes is 1. The molecule has 0 spiro atoms. The molecule has 0 aromatic heterocycles. The summed E-state index contributed by atoms with van der Waals surface area (Å²) < 4.78 is 10.2. The minimum atomic E-state index is -1.41. The van der Waals surface area contributed by atoms with E-state index in [9.17, 15) is 24.3 Å². The minimum Gasteiger partial charge on any atom is -0.481 e. The zero-order chi connectivity index (χ0) is 30.3. The van der Waals surface area contributed by atoms with E-state index in [-0.39, 0.29) is 42.2 Å². The average molecular weight is 575 g/mol. The average Bonchev–Trinajstić information content (AvgIpc) is 2.92. The molecule has 0 fully saturated rings. The van der Waals surface area contributed by atoms with E-state index in [0.717, 1.165) is 0 Å². The maximum atomic E-state index is 12.2. The molecule has 8 heteroatoms. The van der Waals surface area contributed by atoms with Gasteiger partial charge >= 0.3 is 23.9 Å². The molecule has 0 saturated carbocycles. The zero-order valence-electron chi connectivity index (χ0n) is 21.3. The van der Waals surface area contributed by atoms with Gasteiger partial charge in [-0.25, -0.2) is 0 Å². The van der Waals surface area contributed by atoms with Crippen molar-refractivity contribution in [1.29, 1.82) is 0 Å². The van der Waals surface area contributed by atoms with Crippen LogP contribution >= 0.6 is 0 Å². The first-order valence-electron chi connectivity index (χ1n) is 11.2. The van der Waals surface area contributed by atoms with Gasteiger partial charge in [0.05, 0.1) is 18.8 Å². The number of carbonyl (C=O) groups is 4. The first-order chi connectivity index (χ1) is 19.7. The van der Waals surface area contributed by atoms with Gasteiger partial charge in [-0.15, -0.1) is 6.42 Å². The van der Waals surface area contributed by atoms with Crippen molar-refractivity contribution >= 4 is 23.9 Å². The maximum absolute atomic E-state index is 12.2. The van der Waals surface area contributed by atoms with Gasteiger partial charge in [0.2, 0.25) is 0 Å². The molecule has 8 nitrogen and oxygen atoms in total. The monoisotopic (exact) mass is 574 g/mol. The Morgan fingerprint density at radius 3 is 1.54 bits per heavy atom. The van der Waals surface area contributed by atoms with E-state index in [0.29, 0.717) is 0 Å². The lowest BCUT2D eigenvalue weighted by molar-refractivity contribution is -0.146. The Hall–Kier alpha value is -6.86. The summed E-state index contributed by atoms with van der Waals surface area (Å²) in [5.74, 6) is 33.7. The normalized spacial score (nSPS) is 9.07.